The fraction of sp³-hybridized carbons (Fsp3) is 0.250. The van der Waals surface area contributed by atoms with E-state index in [1.54, 1.807) is 6.20 Å². The summed E-state index contributed by atoms with van der Waals surface area (Å²) in [5.74, 6) is 0. The number of aliphatic hydroxyl groups excluding tert-OH is 1. The molecule has 4 heteroatoms. The summed E-state index contributed by atoms with van der Waals surface area (Å²) in [6, 6.07) is 18.8. The summed E-state index contributed by atoms with van der Waals surface area (Å²) < 4.78 is 1.86. The first kappa shape index (κ1) is 16.4. The van der Waals surface area contributed by atoms with Crippen LogP contribution in [-0.2, 0) is 13.0 Å². The van der Waals surface area contributed by atoms with Crippen molar-refractivity contribution in [2.45, 2.75) is 26.0 Å². The molecule has 24 heavy (non-hydrogen) atoms. The SMILES string of the molecule is CC(NCCc1ccc(-n2cccn2)cc1)c1cccc(CO)c1. The molecule has 1 atom stereocenters. The van der Waals surface area contributed by atoms with Gasteiger partial charge in [-0.2, -0.15) is 5.10 Å². The molecule has 3 rings (SSSR count). The first-order chi connectivity index (χ1) is 11.8. The van der Waals surface area contributed by atoms with Crippen molar-refractivity contribution in [3.05, 3.63) is 83.7 Å². The Morgan fingerprint density at radius 2 is 1.92 bits per heavy atom. The van der Waals surface area contributed by atoms with Crippen molar-refractivity contribution in [2.24, 2.45) is 0 Å². The third-order valence-corrected chi connectivity index (χ3v) is 4.20. The molecule has 124 valence electrons. The van der Waals surface area contributed by atoms with Gasteiger partial charge in [0.05, 0.1) is 12.3 Å². The van der Waals surface area contributed by atoms with Crippen LogP contribution in [0, 0.1) is 0 Å². The lowest BCUT2D eigenvalue weighted by molar-refractivity contribution is 0.281. The van der Waals surface area contributed by atoms with Gasteiger partial charge in [0.2, 0.25) is 0 Å². The summed E-state index contributed by atoms with van der Waals surface area (Å²) in [5, 5.41) is 17.0. The summed E-state index contributed by atoms with van der Waals surface area (Å²) >= 11 is 0. The zero-order chi connectivity index (χ0) is 16.8. The van der Waals surface area contributed by atoms with Gasteiger partial charge in [-0.05, 0) is 54.8 Å². The third kappa shape index (κ3) is 4.10. The standard InChI is InChI=1S/C20H23N3O/c1-16(19-5-2-4-18(14-19)15-24)21-12-10-17-6-8-20(9-7-17)23-13-3-11-22-23/h2-9,11,13-14,16,21,24H,10,12,15H2,1H3. The maximum absolute atomic E-state index is 9.23. The monoisotopic (exact) mass is 321 g/mol. The van der Waals surface area contributed by atoms with Crippen LogP contribution in [0.15, 0.2) is 67.0 Å². The van der Waals surface area contributed by atoms with Gasteiger partial charge in [-0.25, -0.2) is 4.68 Å². The summed E-state index contributed by atoms with van der Waals surface area (Å²) in [6.45, 7) is 3.14. The number of hydrogen-bond acceptors (Lipinski definition) is 3. The van der Waals surface area contributed by atoms with E-state index in [1.165, 1.54) is 11.1 Å². The first-order valence-electron chi connectivity index (χ1n) is 8.28. The predicted molar refractivity (Wildman–Crippen MR) is 96.1 cm³/mol. The Morgan fingerprint density at radius 1 is 1.08 bits per heavy atom. The van der Waals surface area contributed by atoms with Gasteiger partial charge in [0.25, 0.3) is 0 Å². The Kier molecular flexibility index (Phi) is 5.41. The molecule has 1 aromatic heterocycles. The molecule has 0 aliphatic rings. The number of nitrogens with one attached hydrogen (secondary N) is 1. The summed E-state index contributed by atoms with van der Waals surface area (Å²) in [6.07, 6.45) is 4.70. The average Bonchev–Trinajstić information content (AvgIpc) is 3.17. The van der Waals surface area contributed by atoms with E-state index in [0.717, 1.165) is 24.2 Å². The van der Waals surface area contributed by atoms with Crippen LogP contribution in [0.2, 0.25) is 0 Å². The van der Waals surface area contributed by atoms with Crippen molar-refractivity contribution in [2.75, 3.05) is 6.54 Å². The molecule has 1 unspecified atom stereocenters. The van der Waals surface area contributed by atoms with E-state index in [0.29, 0.717) is 0 Å². The largest absolute Gasteiger partial charge is 0.392 e. The van der Waals surface area contributed by atoms with E-state index in [9.17, 15) is 5.11 Å². The van der Waals surface area contributed by atoms with Crippen molar-refractivity contribution in [3.63, 3.8) is 0 Å². The Morgan fingerprint density at radius 3 is 2.62 bits per heavy atom. The van der Waals surface area contributed by atoms with E-state index >= 15 is 0 Å². The van der Waals surface area contributed by atoms with E-state index in [2.05, 4.69) is 53.7 Å². The molecule has 0 bridgehead atoms. The maximum Gasteiger partial charge on any atom is 0.0681 e. The molecule has 4 nitrogen and oxygen atoms in total. The van der Waals surface area contributed by atoms with Gasteiger partial charge < -0.3 is 10.4 Å². The van der Waals surface area contributed by atoms with Crippen LogP contribution in [0.3, 0.4) is 0 Å². The second-order valence-corrected chi connectivity index (χ2v) is 5.95. The summed E-state index contributed by atoms with van der Waals surface area (Å²) in [4.78, 5) is 0. The van der Waals surface area contributed by atoms with Gasteiger partial charge in [0.15, 0.2) is 0 Å². The van der Waals surface area contributed by atoms with Gasteiger partial charge in [-0.1, -0.05) is 36.4 Å². The molecule has 0 aliphatic heterocycles. The average molecular weight is 321 g/mol. The predicted octanol–water partition coefficient (Wildman–Crippen LogP) is 3.26. The number of nitrogens with zero attached hydrogens (tertiary/aromatic N) is 2. The second-order valence-electron chi connectivity index (χ2n) is 5.95. The van der Waals surface area contributed by atoms with Crippen molar-refractivity contribution in [1.29, 1.82) is 0 Å². The van der Waals surface area contributed by atoms with Crippen LogP contribution in [0.25, 0.3) is 5.69 Å². The molecule has 3 aromatic rings. The normalized spacial score (nSPS) is 12.2. The minimum atomic E-state index is 0.0865. The third-order valence-electron chi connectivity index (χ3n) is 4.20. The zero-order valence-electron chi connectivity index (χ0n) is 13.9. The fourth-order valence-electron chi connectivity index (χ4n) is 2.75. The molecule has 0 spiro atoms. The number of aliphatic hydroxyl groups is 1. The minimum Gasteiger partial charge on any atom is -0.392 e. The maximum atomic E-state index is 9.23. The van der Waals surface area contributed by atoms with Crippen LogP contribution < -0.4 is 5.32 Å². The number of rotatable bonds is 7. The van der Waals surface area contributed by atoms with Crippen LogP contribution >= 0.6 is 0 Å². The van der Waals surface area contributed by atoms with E-state index in [-0.39, 0.29) is 12.6 Å². The van der Waals surface area contributed by atoms with Gasteiger partial charge in [-0.3, -0.25) is 0 Å². The lowest BCUT2D eigenvalue weighted by Crippen LogP contribution is -2.21. The van der Waals surface area contributed by atoms with E-state index in [1.807, 2.05) is 29.1 Å². The highest BCUT2D eigenvalue weighted by molar-refractivity contribution is 5.34. The zero-order valence-corrected chi connectivity index (χ0v) is 13.9. The molecule has 0 aliphatic carbocycles. The second kappa shape index (κ2) is 7.90. The van der Waals surface area contributed by atoms with Crippen LogP contribution in [-0.4, -0.2) is 21.4 Å². The molecule has 1 heterocycles. The molecule has 0 radical (unpaired) electrons. The lowest BCUT2D eigenvalue weighted by atomic mass is 10.0. The van der Waals surface area contributed by atoms with Gasteiger partial charge >= 0.3 is 0 Å². The van der Waals surface area contributed by atoms with Crippen molar-refractivity contribution in [1.82, 2.24) is 15.1 Å². The highest BCUT2D eigenvalue weighted by atomic mass is 16.3. The van der Waals surface area contributed by atoms with Crippen molar-refractivity contribution in [3.8, 4) is 5.69 Å². The highest BCUT2D eigenvalue weighted by Crippen LogP contribution is 2.15. The molecular weight excluding hydrogens is 298 g/mol. The quantitative estimate of drug-likeness (QED) is 0.702. The highest BCUT2D eigenvalue weighted by Gasteiger charge is 2.05. The van der Waals surface area contributed by atoms with E-state index in [4.69, 9.17) is 0 Å². The smallest absolute Gasteiger partial charge is 0.0681 e. The number of hydrogen-bond donors (Lipinski definition) is 2. The molecular formula is C20H23N3O. The van der Waals surface area contributed by atoms with Crippen molar-refractivity contribution < 1.29 is 5.11 Å². The molecule has 2 N–H and O–H groups in total. The number of aromatic nitrogens is 2. The van der Waals surface area contributed by atoms with Gasteiger partial charge in [0, 0.05) is 18.4 Å². The molecule has 0 fully saturated rings. The van der Waals surface area contributed by atoms with Crippen molar-refractivity contribution >= 4 is 0 Å². The van der Waals surface area contributed by atoms with E-state index < -0.39 is 0 Å². The van der Waals surface area contributed by atoms with Gasteiger partial charge in [0.1, 0.15) is 0 Å². The van der Waals surface area contributed by atoms with Crippen LogP contribution in [0.4, 0.5) is 0 Å². The Bertz CT molecular complexity index is 751. The Balaban J connectivity index is 1.52. The lowest BCUT2D eigenvalue weighted by Gasteiger charge is -2.15. The molecule has 0 amide bonds. The Hall–Kier alpha value is -2.43. The fourth-order valence-corrected chi connectivity index (χ4v) is 2.75. The molecule has 2 aromatic carbocycles. The topological polar surface area (TPSA) is 50.1 Å². The van der Waals surface area contributed by atoms with Gasteiger partial charge in [-0.15, -0.1) is 0 Å². The molecule has 0 saturated heterocycles. The minimum absolute atomic E-state index is 0.0865. The van der Waals surface area contributed by atoms with Crippen LogP contribution in [0.5, 0.6) is 0 Å². The first-order valence-corrected chi connectivity index (χ1v) is 8.28. The Labute approximate surface area is 142 Å². The summed E-state index contributed by atoms with van der Waals surface area (Å²) in [5.41, 5.74) is 4.53. The molecule has 0 saturated carbocycles. The summed E-state index contributed by atoms with van der Waals surface area (Å²) in [7, 11) is 0. The van der Waals surface area contributed by atoms with Crippen LogP contribution in [0.1, 0.15) is 29.7 Å². The number of benzene rings is 2.